The molecule has 1 fully saturated rings. The molecule has 2 aromatic carbocycles. The molecule has 0 unspecified atom stereocenters. The highest BCUT2D eigenvalue weighted by atomic mass is 19.1. The fourth-order valence-electron chi connectivity index (χ4n) is 5.51. The third-order valence-corrected chi connectivity index (χ3v) is 7.02. The van der Waals surface area contributed by atoms with Gasteiger partial charge in [0.05, 0.1) is 11.4 Å². The number of carbonyl (C=O) groups is 1. The zero-order valence-corrected chi connectivity index (χ0v) is 17.2. The van der Waals surface area contributed by atoms with Crippen molar-refractivity contribution in [3.63, 3.8) is 0 Å². The second kappa shape index (κ2) is 7.13. The average Bonchev–Trinajstić information content (AvgIpc) is 3.03. The maximum Gasteiger partial charge on any atom is 0.164 e. The number of likely N-dealkylation sites (tertiary alicyclic amines) is 1. The van der Waals surface area contributed by atoms with Crippen LogP contribution in [0.2, 0.25) is 0 Å². The maximum absolute atomic E-state index is 13.3. The molecule has 29 heavy (non-hydrogen) atoms. The van der Waals surface area contributed by atoms with Crippen molar-refractivity contribution in [3.8, 4) is 0 Å². The number of likely N-dealkylation sites (N-methyl/N-ethyl adjacent to an activating group) is 1. The van der Waals surface area contributed by atoms with Crippen LogP contribution in [0.25, 0.3) is 0 Å². The highest BCUT2D eigenvalue weighted by Gasteiger charge is 2.44. The van der Waals surface area contributed by atoms with Gasteiger partial charge in [-0.05, 0) is 48.7 Å². The molecule has 0 N–H and O–H groups in total. The Morgan fingerprint density at radius 3 is 2.86 bits per heavy atom. The van der Waals surface area contributed by atoms with Gasteiger partial charge < -0.3 is 14.7 Å². The van der Waals surface area contributed by atoms with Crippen molar-refractivity contribution in [2.75, 3.05) is 49.6 Å². The van der Waals surface area contributed by atoms with Crippen molar-refractivity contribution in [1.29, 1.82) is 0 Å². The zero-order valence-electron chi connectivity index (χ0n) is 17.2. The molecule has 2 aromatic rings. The number of hydrogen-bond donors (Lipinski definition) is 0. The fourth-order valence-corrected chi connectivity index (χ4v) is 5.51. The van der Waals surface area contributed by atoms with Gasteiger partial charge in [0, 0.05) is 63.7 Å². The summed E-state index contributed by atoms with van der Waals surface area (Å²) in [4.78, 5) is 20.1. The molecule has 0 amide bonds. The second-order valence-electron chi connectivity index (χ2n) is 8.73. The summed E-state index contributed by atoms with van der Waals surface area (Å²) in [6.45, 7) is 6.80. The van der Waals surface area contributed by atoms with E-state index in [0.717, 1.165) is 44.7 Å². The molecule has 5 rings (SSSR count). The lowest BCUT2D eigenvalue weighted by atomic mass is 9.88. The van der Waals surface area contributed by atoms with E-state index in [-0.39, 0.29) is 11.6 Å². The number of halogens is 1. The molecule has 0 saturated carbocycles. The molecule has 2 atom stereocenters. The lowest BCUT2D eigenvalue weighted by Crippen LogP contribution is -2.49. The van der Waals surface area contributed by atoms with Crippen LogP contribution in [0, 0.1) is 12.7 Å². The highest BCUT2D eigenvalue weighted by Crippen LogP contribution is 2.50. The third-order valence-electron chi connectivity index (χ3n) is 7.02. The number of fused-ring (bicyclic) bond motifs is 3. The van der Waals surface area contributed by atoms with E-state index in [9.17, 15) is 9.18 Å². The number of carbonyl (C=O) groups excluding carboxylic acids is 1. The molecule has 1 saturated heterocycles. The molecule has 0 spiro atoms. The Morgan fingerprint density at radius 2 is 2.03 bits per heavy atom. The van der Waals surface area contributed by atoms with Gasteiger partial charge >= 0.3 is 0 Å². The summed E-state index contributed by atoms with van der Waals surface area (Å²) in [5.74, 6) is 0.348. The Bertz CT molecular complexity index is 959. The Hall–Kier alpha value is -2.40. The van der Waals surface area contributed by atoms with Crippen LogP contribution < -0.4 is 9.80 Å². The smallest absolute Gasteiger partial charge is 0.164 e. The lowest BCUT2D eigenvalue weighted by molar-refractivity contribution is 0.0952. The number of piperidine rings is 1. The average molecular weight is 394 g/mol. The Labute approximate surface area is 171 Å². The second-order valence-corrected chi connectivity index (χ2v) is 8.73. The van der Waals surface area contributed by atoms with Crippen molar-refractivity contribution in [2.24, 2.45) is 0 Å². The molecule has 0 radical (unpaired) electrons. The van der Waals surface area contributed by atoms with Crippen molar-refractivity contribution < 1.29 is 9.18 Å². The molecule has 5 heteroatoms. The molecular weight excluding hydrogens is 365 g/mol. The van der Waals surface area contributed by atoms with Crippen LogP contribution in [0.4, 0.5) is 15.8 Å². The van der Waals surface area contributed by atoms with E-state index in [1.165, 1.54) is 29.1 Å². The van der Waals surface area contributed by atoms with Crippen LogP contribution in [-0.4, -0.2) is 56.5 Å². The summed E-state index contributed by atoms with van der Waals surface area (Å²) in [5, 5.41) is 0. The lowest BCUT2D eigenvalue weighted by Gasteiger charge is -2.41. The predicted octanol–water partition coefficient (Wildman–Crippen LogP) is 3.83. The predicted molar refractivity (Wildman–Crippen MR) is 115 cm³/mol. The molecule has 3 aliphatic rings. The molecule has 3 heterocycles. The van der Waals surface area contributed by atoms with Gasteiger partial charge in [0.1, 0.15) is 5.82 Å². The van der Waals surface area contributed by atoms with Gasteiger partial charge in [0.2, 0.25) is 0 Å². The van der Waals surface area contributed by atoms with Gasteiger partial charge in [0.25, 0.3) is 0 Å². The van der Waals surface area contributed by atoms with E-state index in [1.807, 2.05) is 6.92 Å². The molecular formula is C24H28FN3O. The van der Waals surface area contributed by atoms with E-state index >= 15 is 0 Å². The monoisotopic (exact) mass is 393 g/mol. The van der Waals surface area contributed by atoms with Crippen LogP contribution in [0.1, 0.15) is 40.2 Å². The fraction of sp³-hybridized carbons (Fsp3) is 0.458. The number of ketones is 1. The summed E-state index contributed by atoms with van der Waals surface area (Å²) >= 11 is 0. The van der Waals surface area contributed by atoms with Crippen molar-refractivity contribution >= 4 is 17.2 Å². The molecule has 0 aromatic heterocycles. The van der Waals surface area contributed by atoms with Gasteiger partial charge in [-0.25, -0.2) is 4.39 Å². The largest absolute Gasteiger partial charge is 0.371 e. The summed E-state index contributed by atoms with van der Waals surface area (Å²) in [7, 11) is 2.18. The minimum absolute atomic E-state index is 0.111. The highest BCUT2D eigenvalue weighted by molar-refractivity contribution is 5.97. The van der Waals surface area contributed by atoms with Crippen molar-refractivity contribution in [3.05, 3.63) is 58.9 Å². The molecule has 0 aliphatic carbocycles. The van der Waals surface area contributed by atoms with Crippen LogP contribution in [0.15, 0.2) is 36.4 Å². The van der Waals surface area contributed by atoms with Gasteiger partial charge in [-0.2, -0.15) is 0 Å². The normalized spacial score (nSPS) is 23.1. The minimum Gasteiger partial charge on any atom is -0.371 e. The standard InChI is InChI=1S/C24H28FN3O/c1-16-14-17(25)6-7-18(16)23(29)9-11-27-10-8-21-20(15-27)19-4-3-5-22-24(19)28(21)13-12-26(22)2/h3-7,14,20-21H,8-13,15H2,1-2H3/t20-,21-/m0/s1. The van der Waals surface area contributed by atoms with Crippen LogP contribution in [0.5, 0.6) is 0 Å². The molecule has 4 nitrogen and oxygen atoms in total. The number of hydrogen-bond acceptors (Lipinski definition) is 4. The van der Waals surface area contributed by atoms with Crippen LogP contribution in [0.3, 0.4) is 0 Å². The number of anilines is 2. The van der Waals surface area contributed by atoms with E-state index in [0.29, 0.717) is 23.9 Å². The summed E-state index contributed by atoms with van der Waals surface area (Å²) < 4.78 is 13.3. The number of aryl methyl sites for hydroxylation is 1. The molecule has 3 aliphatic heterocycles. The Balaban J connectivity index is 1.29. The number of para-hydroxylation sites is 1. The van der Waals surface area contributed by atoms with Crippen molar-refractivity contribution in [2.45, 2.75) is 31.7 Å². The maximum atomic E-state index is 13.3. The first kappa shape index (κ1) is 18.6. The topological polar surface area (TPSA) is 26.8 Å². The zero-order chi connectivity index (χ0) is 20.1. The number of benzene rings is 2. The van der Waals surface area contributed by atoms with Crippen molar-refractivity contribution in [1.82, 2.24) is 4.90 Å². The van der Waals surface area contributed by atoms with E-state index in [4.69, 9.17) is 0 Å². The summed E-state index contributed by atoms with van der Waals surface area (Å²) in [5.41, 5.74) is 5.65. The van der Waals surface area contributed by atoms with Gasteiger partial charge in [0.15, 0.2) is 5.78 Å². The quantitative estimate of drug-likeness (QED) is 0.738. The number of nitrogens with zero attached hydrogens (tertiary/aromatic N) is 3. The first-order valence-electron chi connectivity index (χ1n) is 10.7. The van der Waals surface area contributed by atoms with E-state index < -0.39 is 0 Å². The summed E-state index contributed by atoms with van der Waals surface area (Å²) in [6, 6.07) is 11.8. The van der Waals surface area contributed by atoms with Gasteiger partial charge in [-0.15, -0.1) is 0 Å². The first-order chi connectivity index (χ1) is 14.0. The molecule has 0 bridgehead atoms. The van der Waals surface area contributed by atoms with E-state index in [2.05, 4.69) is 39.9 Å². The van der Waals surface area contributed by atoms with Gasteiger partial charge in [-0.1, -0.05) is 12.1 Å². The van der Waals surface area contributed by atoms with Crippen LogP contribution >= 0.6 is 0 Å². The first-order valence-corrected chi connectivity index (χ1v) is 10.7. The third kappa shape index (κ3) is 3.12. The Kier molecular flexibility index (Phi) is 4.58. The van der Waals surface area contributed by atoms with E-state index in [1.54, 1.807) is 6.07 Å². The Morgan fingerprint density at radius 1 is 1.17 bits per heavy atom. The van der Waals surface area contributed by atoms with Crippen LogP contribution in [-0.2, 0) is 0 Å². The molecule has 152 valence electrons. The van der Waals surface area contributed by atoms with Gasteiger partial charge in [-0.3, -0.25) is 4.79 Å². The summed E-state index contributed by atoms with van der Waals surface area (Å²) in [6.07, 6.45) is 1.63. The minimum atomic E-state index is -0.284. The number of Topliss-reactive ketones (excluding diaryl/α,β-unsaturated/α-hetero) is 1. The SMILES string of the molecule is Cc1cc(F)ccc1C(=O)CCN1CC[C@H]2[C@@H](C1)c1cccc3c1N2CCN3C. The number of rotatable bonds is 4.